The highest BCUT2D eigenvalue weighted by Gasteiger charge is 2.24. The molecule has 4 rings (SSSR count). The average Bonchev–Trinajstić information content (AvgIpc) is 3.07. The van der Waals surface area contributed by atoms with Crippen molar-refractivity contribution in [1.29, 1.82) is 0 Å². The van der Waals surface area contributed by atoms with Gasteiger partial charge in [0.25, 0.3) is 0 Å². The van der Waals surface area contributed by atoms with Crippen molar-refractivity contribution >= 4 is 33.2 Å². The first-order valence-electron chi connectivity index (χ1n) is 8.99. The Morgan fingerprint density at radius 3 is 3.11 bits per heavy atom. The van der Waals surface area contributed by atoms with E-state index in [2.05, 4.69) is 31.2 Å². The Kier molecular flexibility index (Phi) is 5.13. The minimum Gasteiger partial charge on any atom is -0.619 e. The maximum Gasteiger partial charge on any atom is 0.185 e. The number of pyridine rings is 1. The van der Waals surface area contributed by atoms with E-state index in [1.807, 2.05) is 12.1 Å². The maximum atomic E-state index is 11.5. The molecule has 0 aliphatic carbocycles. The zero-order valence-corrected chi connectivity index (χ0v) is 16.3. The van der Waals surface area contributed by atoms with Crippen LogP contribution in [0, 0.1) is 5.21 Å². The quantitative estimate of drug-likeness (QED) is 0.473. The van der Waals surface area contributed by atoms with Gasteiger partial charge in [-0.05, 0) is 41.3 Å². The molecule has 1 atom stereocenters. The van der Waals surface area contributed by atoms with Gasteiger partial charge in [-0.2, -0.15) is 14.3 Å². The molecule has 0 saturated carbocycles. The van der Waals surface area contributed by atoms with Crippen molar-refractivity contribution in [2.24, 2.45) is 0 Å². The molecule has 27 heavy (non-hydrogen) atoms. The minimum atomic E-state index is 0.0804. The van der Waals surface area contributed by atoms with Crippen LogP contribution in [0.15, 0.2) is 41.3 Å². The predicted octanol–water partition coefficient (Wildman–Crippen LogP) is 2.09. The van der Waals surface area contributed by atoms with Crippen LogP contribution in [0.25, 0.3) is 5.65 Å². The van der Waals surface area contributed by atoms with E-state index in [1.54, 1.807) is 16.8 Å². The van der Waals surface area contributed by atoms with Crippen LogP contribution in [0.4, 0.5) is 11.6 Å². The van der Waals surface area contributed by atoms with Crippen molar-refractivity contribution in [3.63, 3.8) is 0 Å². The number of hydrogen-bond acceptors (Lipinski definition) is 6. The van der Waals surface area contributed by atoms with Gasteiger partial charge in [-0.15, -0.1) is 0 Å². The number of rotatable bonds is 5. The summed E-state index contributed by atoms with van der Waals surface area (Å²) in [5.41, 5.74) is 1.58. The zero-order chi connectivity index (χ0) is 18.8. The van der Waals surface area contributed by atoms with E-state index in [9.17, 15) is 10.3 Å². The smallest absolute Gasteiger partial charge is 0.185 e. The third kappa shape index (κ3) is 3.70. The molecule has 3 aromatic heterocycles. The number of nitrogens with zero attached hydrogens (tertiary/aromatic N) is 5. The summed E-state index contributed by atoms with van der Waals surface area (Å²) in [6.07, 6.45) is 7.87. The molecule has 0 spiro atoms. The van der Waals surface area contributed by atoms with Crippen molar-refractivity contribution < 1.29 is 9.84 Å². The lowest BCUT2D eigenvalue weighted by molar-refractivity contribution is -0.605. The summed E-state index contributed by atoms with van der Waals surface area (Å²) in [5, 5.41) is 29.0. The number of nitrogens with one attached hydrogen (secondary N) is 1. The molecule has 8 nitrogen and oxygen atoms in total. The van der Waals surface area contributed by atoms with Crippen molar-refractivity contribution in [3.05, 3.63) is 52.0 Å². The topological polar surface area (TPSA) is 92.6 Å². The Hall–Kier alpha value is -2.39. The van der Waals surface area contributed by atoms with Crippen LogP contribution in [-0.4, -0.2) is 38.9 Å². The molecule has 0 radical (unpaired) electrons. The first kappa shape index (κ1) is 18.0. The number of anilines is 2. The van der Waals surface area contributed by atoms with Crippen molar-refractivity contribution in [2.45, 2.75) is 31.8 Å². The van der Waals surface area contributed by atoms with E-state index < -0.39 is 0 Å². The molecule has 1 aliphatic rings. The van der Waals surface area contributed by atoms with E-state index in [0.717, 1.165) is 52.2 Å². The Bertz CT molecular complexity index is 947. The van der Waals surface area contributed by atoms with Crippen molar-refractivity contribution in [3.8, 4) is 0 Å². The highest BCUT2D eigenvalue weighted by molar-refractivity contribution is 9.10. The normalized spacial score (nSPS) is 17.4. The van der Waals surface area contributed by atoms with Crippen LogP contribution < -0.4 is 14.9 Å². The number of aliphatic hydroxyl groups is 1. The molecule has 3 aromatic rings. The summed E-state index contributed by atoms with van der Waals surface area (Å²) in [6, 6.07) is 5.65. The first-order valence-corrected chi connectivity index (χ1v) is 9.78. The van der Waals surface area contributed by atoms with Crippen LogP contribution in [0.5, 0.6) is 0 Å². The Morgan fingerprint density at radius 1 is 1.41 bits per heavy atom. The van der Waals surface area contributed by atoms with Crippen LogP contribution in [0.2, 0.25) is 0 Å². The first-order chi connectivity index (χ1) is 13.2. The highest BCUT2D eigenvalue weighted by atomic mass is 79.9. The van der Waals surface area contributed by atoms with Crippen molar-refractivity contribution in [2.75, 3.05) is 23.4 Å². The van der Waals surface area contributed by atoms with Gasteiger partial charge in [0.2, 0.25) is 0 Å². The van der Waals surface area contributed by atoms with Gasteiger partial charge in [-0.3, -0.25) is 0 Å². The lowest BCUT2D eigenvalue weighted by Crippen LogP contribution is -2.42. The number of fused-ring (bicyclic) bond motifs is 1. The largest absolute Gasteiger partial charge is 0.619 e. The van der Waals surface area contributed by atoms with E-state index in [1.165, 1.54) is 12.4 Å². The monoisotopic (exact) mass is 432 g/mol. The summed E-state index contributed by atoms with van der Waals surface area (Å²) in [5.74, 6) is 1.60. The molecule has 2 N–H and O–H groups in total. The lowest BCUT2D eigenvalue weighted by atomic mass is 10.0. The molecular weight excluding hydrogens is 412 g/mol. The van der Waals surface area contributed by atoms with Gasteiger partial charge < -0.3 is 20.5 Å². The van der Waals surface area contributed by atoms with Crippen molar-refractivity contribution in [1.82, 2.24) is 14.6 Å². The summed E-state index contributed by atoms with van der Waals surface area (Å²) in [6.45, 7) is 1.47. The summed E-state index contributed by atoms with van der Waals surface area (Å²) >= 11 is 3.51. The molecule has 1 saturated heterocycles. The van der Waals surface area contributed by atoms with E-state index >= 15 is 0 Å². The lowest BCUT2D eigenvalue weighted by Gasteiger charge is -2.35. The molecule has 0 bridgehead atoms. The predicted molar refractivity (Wildman–Crippen MR) is 105 cm³/mol. The number of aromatic nitrogens is 4. The Labute approximate surface area is 165 Å². The Balaban J connectivity index is 1.68. The van der Waals surface area contributed by atoms with Gasteiger partial charge in [-0.25, -0.2) is 4.98 Å². The molecule has 1 fully saturated rings. The molecule has 0 amide bonds. The van der Waals surface area contributed by atoms with Gasteiger partial charge in [0.1, 0.15) is 11.6 Å². The van der Waals surface area contributed by atoms with Crippen LogP contribution >= 0.6 is 15.9 Å². The number of piperidine rings is 1. The van der Waals surface area contributed by atoms with Gasteiger partial charge >= 0.3 is 0 Å². The SMILES string of the molecule is [O-][n+]1cccc(CNc2cc(N3CCCCC3CO)nc3c(Br)cnn23)c1. The molecule has 0 aromatic carbocycles. The van der Waals surface area contributed by atoms with E-state index in [4.69, 9.17) is 4.98 Å². The average molecular weight is 433 g/mol. The fourth-order valence-electron chi connectivity index (χ4n) is 3.49. The Morgan fingerprint density at radius 2 is 2.30 bits per heavy atom. The van der Waals surface area contributed by atoms with Gasteiger partial charge in [0, 0.05) is 30.8 Å². The zero-order valence-electron chi connectivity index (χ0n) is 14.8. The molecule has 142 valence electrons. The standard InChI is InChI=1S/C18H21BrN6O2/c19-15-10-21-25-16(20-9-13-4-3-6-23(27)11-13)8-17(22-18(15)25)24-7-2-1-5-14(24)12-26/h3-4,6,8,10-11,14,20,26H,1-2,5,7,9,12H2. The summed E-state index contributed by atoms with van der Waals surface area (Å²) < 4.78 is 3.33. The second-order valence-electron chi connectivity index (χ2n) is 6.68. The molecule has 9 heteroatoms. The van der Waals surface area contributed by atoms with Crippen LogP contribution in [0.3, 0.4) is 0 Å². The third-order valence-electron chi connectivity index (χ3n) is 4.86. The minimum absolute atomic E-state index is 0.0804. The maximum absolute atomic E-state index is 11.5. The van der Waals surface area contributed by atoms with Gasteiger partial charge in [0.05, 0.1) is 23.3 Å². The van der Waals surface area contributed by atoms with Crippen LogP contribution in [-0.2, 0) is 6.54 Å². The number of aliphatic hydroxyl groups excluding tert-OH is 1. The second-order valence-corrected chi connectivity index (χ2v) is 7.53. The number of halogens is 1. The molecule has 1 aliphatic heterocycles. The molecule has 1 unspecified atom stereocenters. The summed E-state index contributed by atoms with van der Waals surface area (Å²) in [4.78, 5) is 6.93. The molecule has 4 heterocycles. The summed E-state index contributed by atoms with van der Waals surface area (Å²) in [7, 11) is 0. The number of hydrogen-bond donors (Lipinski definition) is 2. The van der Waals surface area contributed by atoms with E-state index in [-0.39, 0.29) is 12.6 Å². The third-order valence-corrected chi connectivity index (χ3v) is 5.42. The van der Waals surface area contributed by atoms with Gasteiger partial charge in [0.15, 0.2) is 18.0 Å². The van der Waals surface area contributed by atoms with E-state index in [0.29, 0.717) is 12.2 Å². The fourth-order valence-corrected chi connectivity index (χ4v) is 3.83. The second kappa shape index (κ2) is 7.69. The highest BCUT2D eigenvalue weighted by Crippen LogP contribution is 2.28. The molecular formula is C18H21BrN6O2. The van der Waals surface area contributed by atoms with Gasteiger partial charge in [-0.1, -0.05) is 0 Å². The fraction of sp³-hybridized carbons (Fsp3) is 0.389. The van der Waals surface area contributed by atoms with Crippen LogP contribution in [0.1, 0.15) is 24.8 Å².